The van der Waals surface area contributed by atoms with Crippen LogP contribution in [0.4, 0.5) is 13.2 Å². The van der Waals surface area contributed by atoms with E-state index in [0.717, 1.165) is 6.08 Å². The molecule has 3 nitrogen and oxygen atoms in total. The maximum absolute atomic E-state index is 12.7. The molecule has 1 aromatic heterocycles. The van der Waals surface area contributed by atoms with Crippen molar-refractivity contribution in [3.8, 4) is 0 Å². The van der Waals surface area contributed by atoms with Crippen LogP contribution in [0.5, 0.6) is 0 Å². The topological polar surface area (TPSA) is 50.2 Å². The molecular formula is C18H14F3NO2. The molecule has 0 bridgehead atoms. The average molecular weight is 333 g/mol. The smallest absolute Gasteiger partial charge is 0.415 e. The summed E-state index contributed by atoms with van der Waals surface area (Å²) in [6.45, 7) is 8.01. The number of hydrogen-bond donors (Lipinski definition) is 1. The lowest BCUT2D eigenvalue weighted by atomic mass is 9.96. The second-order valence-corrected chi connectivity index (χ2v) is 5.11. The molecule has 0 saturated carbocycles. The number of nitrogens with zero attached hydrogens (tertiary/aromatic N) is 1. The van der Waals surface area contributed by atoms with Crippen LogP contribution in [0.2, 0.25) is 0 Å². The highest BCUT2D eigenvalue weighted by Gasteiger charge is 2.31. The van der Waals surface area contributed by atoms with E-state index in [2.05, 4.69) is 18.1 Å². The van der Waals surface area contributed by atoms with Gasteiger partial charge in [-0.2, -0.15) is 13.2 Å². The molecule has 124 valence electrons. The summed E-state index contributed by atoms with van der Waals surface area (Å²) in [5, 5.41) is 9.90. The number of carboxylic acids is 1. The third-order valence-corrected chi connectivity index (χ3v) is 3.54. The predicted molar refractivity (Wildman–Crippen MR) is 86.8 cm³/mol. The monoisotopic (exact) mass is 333 g/mol. The molecule has 0 saturated heterocycles. The SMILES string of the molecule is C=C/C(=C\C(=C)C(F)(F)F)c1nc2ccccc2c(C(=O)O)c1C. The molecule has 0 radical (unpaired) electrons. The van der Waals surface area contributed by atoms with Gasteiger partial charge in [0.25, 0.3) is 0 Å². The van der Waals surface area contributed by atoms with E-state index in [1.165, 1.54) is 13.0 Å². The summed E-state index contributed by atoms with van der Waals surface area (Å²) in [5.74, 6) is -1.18. The zero-order valence-corrected chi connectivity index (χ0v) is 12.8. The van der Waals surface area contributed by atoms with E-state index in [1.54, 1.807) is 24.3 Å². The lowest BCUT2D eigenvalue weighted by Crippen LogP contribution is -2.10. The fourth-order valence-electron chi connectivity index (χ4n) is 2.36. The molecule has 0 amide bonds. The summed E-state index contributed by atoms with van der Waals surface area (Å²) in [4.78, 5) is 15.9. The van der Waals surface area contributed by atoms with E-state index in [-0.39, 0.29) is 22.4 Å². The van der Waals surface area contributed by atoms with Crippen LogP contribution in [0.25, 0.3) is 16.5 Å². The van der Waals surface area contributed by atoms with E-state index < -0.39 is 17.7 Å². The number of rotatable bonds is 4. The summed E-state index contributed by atoms with van der Waals surface area (Å²) in [6, 6.07) is 6.55. The number of hydrogen-bond acceptors (Lipinski definition) is 2. The summed E-state index contributed by atoms with van der Waals surface area (Å²) >= 11 is 0. The lowest BCUT2D eigenvalue weighted by Gasteiger charge is -2.13. The first-order valence-electron chi connectivity index (χ1n) is 6.90. The van der Waals surface area contributed by atoms with Crippen molar-refractivity contribution in [1.29, 1.82) is 0 Å². The third kappa shape index (κ3) is 3.22. The number of para-hydroxylation sites is 1. The van der Waals surface area contributed by atoms with Gasteiger partial charge in [0.15, 0.2) is 0 Å². The molecule has 1 N–H and O–H groups in total. The van der Waals surface area contributed by atoms with Crippen molar-refractivity contribution in [1.82, 2.24) is 4.98 Å². The Morgan fingerprint density at radius 2 is 1.92 bits per heavy atom. The van der Waals surface area contributed by atoms with Crippen molar-refractivity contribution in [2.24, 2.45) is 0 Å². The fraction of sp³-hybridized carbons (Fsp3) is 0.111. The highest BCUT2D eigenvalue weighted by molar-refractivity contribution is 6.05. The van der Waals surface area contributed by atoms with E-state index >= 15 is 0 Å². The van der Waals surface area contributed by atoms with Crippen molar-refractivity contribution in [2.45, 2.75) is 13.1 Å². The van der Waals surface area contributed by atoms with Gasteiger partial charge in [-0.15, -0.1) is 0 Å². The Hall–Kier alpha value is -2.89. The van der Waals surface area contributed by atoms with Gasteiger partial charge in [0.05, 0.1) is 16.8 Å². The number of aromatic carboxylic acids is 1. The van der Waals surface area contributed by atoms with Crippen LogP contribution in [0, 0.1) is 6.92 Å². The Kier molecular flexibility index (Phi) is 4.59. The Morgan fingerprint density at radius 3 is 2.46 bits per heavy atom. The number of aromatic nitrogens is 1. The molecule has 0 unspecified atom stereocenters. The molecule has 0 fully saturated rings. The predicted octanol–water partition coefficient (Wildman–Crippen LogP) is 4.93. The molecule has 0 aliphatic carbocycles. The van der Waals surface area contributed by atoms with Crippen molar-refractivity contribution in [3.05, 3.63) is 72.0 Å². The van der Waals surface area contributed by atoms with Crippen molar-refractivity contribution >= 4 is 22.4 Å². The standard InChI is InChI=1S/C18H14F3NO2/c1-4-12(9-10(2)18(19,20)21)16-11(3)15(17(23)24)13-7-5-6-8-14(13)22-16/h4-9H,1-2H2,3H3,(H,23,24)/b12-9+. The Balaban J connectivity index is 2.78. The molecule has 0 aliphatic rings. The molecular weight excluding hydrogens is 319 g/mol. The van der Waals surface area contributed by atoms with Gasteiger partial charge in [-0.25, -0.2) is 9.78 Å². The number of benzene rings is 1. The fourth-order valence-corrected chi connectivity index (χ4v) is 2.36. The van der Waals surface area contributed by atoms with Crippen LogP contribution in [-0.4, -0.2) is 22.2 Å². The van der Waals surface area contributed by atoms with Gasteiger partial charge in [0.2, 0.25) is 0 Å². The number of alkyl halides is 3. The Morgan fingerprint density at radius 1 is 1.29 bits per heavy atom. The second kappa shape index (κ2) is 6.31. The molecule has 2 aromatic rings. The third-order valence-electron chi connectivity index (χ3n) is 3.54. The summed E-state index contributed by atoms with van der Waals surface area (Å²) in [6.07, 6.45) is -2.58. The van der Waals surface area contributed by atoms with Crippen molar-refractivity contribution < 1.29 is 23.1 Å². The van der Waals surface area contributed by atoms with Crippen LogP contribution in [0.1, 0.15) is 21.6 Å². The molecule has 24 heavy (non-hydrogen) atoms. The number of carbonyl (C=O) groups is 1. The van der Waals surface area contributed by atoms with Gasteiger partial charge in [-0.1, -0.05) is 37.4 Å². The van der Waals surface area contributed by atoms with Crippen molar-refractivity contribution in [2.75, 3.05) is 0 Å². The Labute approximate surface area is 136 Å². The minimum Gasteiger partial charge on any atom is -0.478 e. The Bertz CT molecular complexity index is 880. The number of pyridine rings is 1. The van der Waals surface area contributed by atoms with Crippen molar-refractivity contribution in [3.63, 3.8) is 0 Å². The number of fused-ring (bicyclic) bond motifs is 1. The van der Waals surface area contributed by atoms with Crippen LogP contribution >= 0.6 is 0 Å². The van der Waals surface area contributed by atoms with Gasteiger partial charge in [-0.05, 0) is 24.6 Å². The van der Waals surface area contributed by atoms with Crippen LogP contribution in [0.3, 0.4) is 0 Å². The van der Waals surface area contributed by atoms with Gasteiger partial charge >= 0.3 is 12.1 Å². The number of allylic oxidation sites excluding steroid dienone is 4. The van der Waals surface area contributed by atoms with Gasteiger partial charge in [-0.3, -0.25) is 0 Å². The first-order chi connectivity index (χ1) is 11.2. The molecule has 1 aromatic carbocycles. The van der Waals surface area contributed by atoms with Crippen LogP contribution in [-0.2, 0) is 0 Å². The molecule has 0 aliphatic heterocycles. The highest BCUT2D eigenvalue weighted by Crippen LogP contribution is 2.31. The molecule has 1 heterocycles. The molecule has 0 spiro atoms. The second-order valence-electron chi connectivity index (χ2n) is 5.11. The van der Waals surface area contributed by atoms with E-state index in [1.807, 2.05) is 0 Å². The maximum Gasteiger partial charge on any atom is 0.415 e. The zero-order valence-electron chi connectivity index (χ0n) is 12.8. The molecule has 0 atom stereocenters. The number of halogens is 3. The average Bonchev–Trinajstić information content (AvgIpc) is 2.50. The first kappa shape index (κ1) is 17.5. The van der Waals surface area contributed by atoms with E-state index in [0.29, 0.717) is 10.9 Å². The summed E-state index contributed by atoms with van der Waals surface area (Å²) in [5.41, 5.74) is -0.234. The minimum atomic E-state index is -4.59. The minimum absolute atomic E-state index is 0.000899. The highest BCUT2D eigenvalue weighted by atomic mass is 19.4. The quantitative estimate of drug-likeness (QED) is 0.807. The first-order valence-corrected chi connectivity index (χ1v) is 6.90. The normalized spacial score (nSPS) is 12.2. The van der Waals surface area contributed by atoms with Gasteiger partial charge in [0, 0.05) is 16.5 Å². The van der Waals surface area contributed by atoms with Gasteiger partial charge in [0.1, 0.15) is 0 Å². The van der Waals surface area contributed by atoms with Crippen LogP contribution in [0.15, 0.2) is 55.1 Å². The summed E-state index contributed by atoms with van der Waals surface area (Å²) < 4.78 is 38.2. The van der Waals surface area contributed by atoms with E-state index in [9.17, 15) is 23.1 Å². The largest absolute Gasteiger partial charge is 0.478 e. The van der Waals surface area contributed by atoms with Gasteiger partial charge < -0.3 is 5.11 Å². The maximum atomic E-state index is 12.7. The summed E-state index contributed by atoms with van der Waals surface area (Å²) in [7, 11) is 0. The zero-order chi connectivity index (χ0) is 18.1. The molecule has 6 heteroatoms. The lowest BCUT2D eigenvalue weighted by molar-refractivity contribution is -0.0877. The number of carboxylic acid groups (broad SMARTS) is 1. The molecule has 2 rings (SSSR count). The van der Waals surface area contributed by atoms with E-state index in [4.69, 9.17) is 0 Å². The van der Waals surface area contributed by atoms with Crippen LogP contribution < -0.4 is 0 Å².